The Kier molecular flexibility index (Phi) is 3.36. The smallest absolute Gasteiger partial charge is 0.129 e. The second-order valence-corrected chi connectivity index (χ2v) is 3.86. The van der Waals surface area contributed by atoms with Gasteiger partial charge in [-0.3, -0.25) is 0 Å². The number of hydrogen-bond acceptors (Lipinski definition) is 2. The van der Waals surface area contributed by atoms with Crippen molar-refractivity contribution in [1.29, 1.82) is 5.26 Å². The summed E-state index contributed by atoms with van der Waals surface area (Å²) in [6.07, 6.45) is 0.174. The Morgan fingerprint density at radius 1 is 1.18 bits per heavy atom. The van der Waals surface area contributed by atoms with Gasteiger partial charge in [0.05, 0.1) is 18.2 Å². The van der Waals surface area contributed by atoms with E-state index < -0.39 is 0 Å². The van der Waals surface area contributed by atoms with Crippen molar-refractivity contribution in [3.8, 4) is 17.2 Å². The molecule has 17 heavy (non-hydrogen) atoms. The van der Waals surface area contributed by atoms with Gasteiger partial charge in [0.2, 0.25) is 0 Å². The lowest BCUT2D eigenvalue weighted by atomic mass is 10.0. The van der Waals surface area contributed by atoms with Gasteiger partial charge in [-0.2, -0.15) is 5.26 Å². The Bertz CT molecular complexity index is 573. The Hall–Kier alpha value is -1.92. The van der Waals surface area contributed by atoms with Crippen molar-refractivity contribution in [2.24, 2.45) is 0 Å². The molecule has 0 aliphatic rings. The van der Waals surface area contributed by atoms with Gasteiger partial charge in [0.15, 0.2) is 0 Å². The normalized spacial score (nSPS) is 9.94. The maximum Gasteiger partial charge on any atom is 0.129 e. The molecule has 0 N–H and O–H groups in total. The molecule has 84 valence electrons. The molecule has 2 nitrogen and oxygen atoms in total. The summed E-state index contributed by atoms with van der Waals surface area (Å²) in [5.74, 6) is -0.294. The molecule has 0 unspecified atom stereocenters. The van der Waals surface area contributed by atoms with Crippen LogP contribution in [0.2, 0.25) is 5.15 Å². The minimum absolute atomic E-state index is 0.174. The first-order valence-corrected chi connectivity index (χ1v) is 5.37. The van der Waals surface area contributed by atoms with Gasteiger partial charge < -0.3 is 0 Å². The van der Waals surface area contributed by atoms with E-state index in [9.17, 15) is 4.39 Å². The topological polar surface area (TPSA) is 36.7 Å². The fourth-order valence-electron chi connectivity index (χ4n) is 1.58. The largest absolute Gasteiger partial charge is 0.239 e. The van der Waals surface area contributed by atoms with Gasteiger partial charge in [-0.1, -0.05) is 23.7 Å². The molecule has 0 saturated heterocycles. The van der Waals surface area contributed by atoms with Crippen LogP contribution in [0.5, 0.6) is 0 Å². The van der Waals surface area contributed by atoms with Crippen molar-refractivity contribution in [1.82, 2.24) is 4.98 Å². The lowest BCUT2D eigenvalue weighted by Gasteiger charge is -2.06. The average molecular weight is 247 g/mol. The van der Waals surface area contributed by atoms with E-state index in [-0.39, 0.29) is 12.2 Å². The highest BCUT2D eigenvalue weighted by atomic mass is 35.5. The Morgan fingerprint density at radius 2 is 1.88 bits per heavy atom. The van der Waals surface area contributed by atoms with Crippen molar-refractivity contribution >= 4 is 11.6 Å². The van der Waals surface area contributed by atoms with Crippen LogP contribution in [-0.2, 0) is 6.42 Å². The Morgan fingerprint density at radius 3 is 2.53 bits per heavy atom. The first kappa shape index (κ1) is 11.6. The summed E-state index contributed by atoms with van der Waals surface area (Å²) in [6, 6.07) is 11.5. The zero-order valence-electron chi connectivity index (χ0n) is 8.82. The van der Waals surface area contributed by atoms with Crippen molar-refractivity contribution < 1.29 is 4.39 Å². The molecule has 4 heteroatoms. The van der Waals surface area contributed by atoms with Crippen LogP contribution in [0.25, 0.3) is 11.1 Å². The fourth-order valence-corrected chi connectivity index (χ4v) is 1.74. The molecule has 0 aliphatic heterocycles. The molecular formula is C13H8ClFN2. The van der Waals surface area contributed by atoms with Crippen LogP contribution < -0.4 is 0 Å². The van der Waals surface area contributed by atoms with E-state index in [1.807, 2.05) is 6.07 Å². The number of aromatic nitrogens is 1. The van der Waals surface area contributed by atoms with Crippen LogP contribution in [0.3, 0.4) is 0 Å². The maximum atomic E-state index is 12.8. The van der Waals surface area contributed by atoms with E-state index in [1.54, 1.807) is 24.3 Å². The first-order chi connectivity index (χ1) is 8.20. The van der Waals surface area contributed by atoms with E-state index in [4.69, 9.17) is 16.9 Å². The highest BCUT2D eigenvalue weighted by Gasteiger charge is 2.07. The van der Waals surface area contributed by atoms with E-state index in [2.05, 4.69) is 4.98 Å². The third-order valence-corrected chi connectivity index (χ3v) is 2.55. The predicted molar refractivity (Wildman–Crippen MR) is 64.0 cm³/mol. The summed E-state index contributed by atoms with van der Waals surface area (Å²) in [5.41, 5.74) is 2.23. The first-order valence-electron chi connectivity index (χ1n) is 4.99. The van der Waals surface area contributed by atoms with Crippen molar-refractivity contribution in [2.75, 3.05) is 0 Å². The third kappa shape index (κ3) is 2.61. The van der Waals surface area contributed by atoms with Gasteiger partial charge in [-0.15, -0.1) is 0 Å². The lowest BCUT2D eigenvalue weighted by molar-refractivity contribution is 0.628. The number of halogens is 2. The zero-order valence-corrected chi connectivity index (χ0v) is 9.58. The molecule has 0 atom stereocenters. The SMILES string of the molecule is N#CCc1nc(Cl)ccc1-c1ccc(F)cc1. The zero-order chi connectivity index (χ0) is 12.3. The van der Waals surface area contributed by atoms with Crippen LogP contribution >= 0.6 is 11.6 Å². The van der Waals surface area contributed by atoms with E-state index in [0.29, 0.717) is 10.8 Å². The maximum absolute atomic E-state index is 12.8. The highest BCUT2D eigenvalue weighted by Crippen LogP contribution is 2.24. The molecule has 2 rings (SSSR count). The molecule has 0 bridgehead atoms. The molecule has 0 aliphatic carbocycles. The number of rotatable bonds is 2. The minimum atomic E-state index is -0.294. The molecule has 0 radical (unpaired) electrons. The quantitative estimate of drug-likeness (QED) is 0.759. The van der Waals surface area contributed by atoms with Gasteiger partial charge in [0.1, 0.15) is 11.0 Å². The van der Waals surface area contributed by atoms with E-state index >= 15 is 0 Å². The monoisotopic (exact) mass is 246 g/mol. The average Bonchev–Trinajstić information content (AvgIpc) is 2.31. The number of benzene rings is 1. The van der Waals surface area contributed by atoms with Crippen LogP contribution in [-0.4, -0.2) is 4.98 Å². The number of hydrogen-bond donors (Lipinski definition) is 0. The third-order valence-electron chi connectivity index (χ3n) is 2.34. The standard InChI is InChI=1S/C13H8ClFN2/c14-13-6-5-11(12(17-13)7-8-16)9-1-3-10(15)4-2-9/h1-6H,7H2. The van der Waals surface area contributed by atoms with Crippen molar-refractivity contribution in [3.63, 3.8) is 0 Å². The predicted octanol–water partition coefficient (Wildman–Crippen LogP) is 3.61. The summed E-state index contributed by atoms with van der Waals surface area (Å²) >= 11 is 5.78. The Labute approximate surface area is 103 Å². The van der Waals surface area contributed by atoms with Crippen LogP contribution in [0.1, 0.15) is 5.69 Å². The van der Waals surface area contributed by atoms with Crippen LogP contribution in [0.15, 0.2) is 36.4 Å². The molecule has 0 spiro atoms. The number of nitrogens with zero attached hydrogens (tertiary/aromatic N) is 2. The van der Waals surface area contributed by atoms with Gasteiger partial charge in [0.25, 0.3) is 0 Å². The molecule has 1 heterocycles. The lowest BCUT2D eigenvalue weighted by Crippen LogP contribution is -1.93. The van der Waals surface area contributed by atoms with Gasteiger partial charge in [-0.25, -0.2) is 9.37 Å². The van der Waals surface area contributed by atoms with Gasteiger partial charge in [-0.05, 0) is 29.8 Å². The van der Waals surface area contributed by atoms with Gasteiger partial charge >= 0.3 is 0 Å². The molecule has 0 saturated carbocycles. The van der Waals surface area contributed by atoms with E-state index in [0.717, 1.165) is 11.1 Å². The van der Waals surface area contributed by atoms with Crippen molar-refractivity contribution in [3.05, 3.63) is 53.1 Å². The summed E-state index contributed by atoms with van der Waals surface area (Å²) < 4.78 is 12.8. The molecule has 0 fully saturated rings. The number of pyridine rings is 1. The van der Waals surface area contributed by atoms with Crippen molar-refractivity contribution in [2.45, 2.75) is 6.42 Å². The van der Waals surface area contributed by atoms with Crippen LogP contribution in [0, 0.1) is 17.1 Å². The summed E-state index contributed by atoms with van der Waals surface area (Å²) in [4.78, 5) is 4.11. The molecule has 2 aromatic rings. The highest BCUT2D eigenvalue weighted by molar-refractivity contribution is 6.29. The molecule has 1 aromatic carbocycles. The van der Waals surface area contributed by atoms with Crippen LogP contribution in [0.4, 0.5) is 4.39 Å². The summed E-state index contributed by atoms with van der Waals surface area (Å²) in [5, 5.41) is 9.08. The molecule has 1 aromatic heterocycles. The molecule has 0 amide bonds. The van der Waals surface area contributed by atoms with Gasteiger partial charge in [0, 0.05) is 5.56 Å². The molecular weight excluding hydrogens is 239 g/mol. The fraction of sp³-hybridized carbons (Fsp3) is 0.0769. The summed E-state index contributed by atoms with van der Waals surface area (Å²) in [6.45, 7) is 0. The second-order valence-electron chi connectivity index (χ2n) is 3.47. The second kappa shape index (κ2) is 4.94. The minimum Gasteiger partial charge on any atom is -0.239 e. The summed E-state index contributed by atoms with van der Waals surface area (Å²) in [7, 11) is 0. The Balaban J connectivity index is 2.51. The van der Waals surface area contributed by atoms with E-state index in [1.165, 1.54) is 12.1 Å². The number of nitriles is 1.